The van der Waals surface area contributed by atoms with E-state index in [0.29, 0.717) is 99.4 Å². The minimum absolute atomic E-state index is 0.152. The molecule has 0 aliphatic carbocycles. The van der Waals surface area contributed by atoms with E-state index >= 15 is 0 Å². The molecular weight excluding hydrogens is 975 g/mol. The van der Waals surface area contributed by atoms with Gasteiger partial charge in [0.1, 0.15) is 67.9 Å². The molecule has 1 unspecified atom stereocenters. The van der Waals surface area contributed by atoms with Crippen molar-refractivity contribution >= 4 is 77.2 Å². The summed E-state index contributed by atoms with van der Waals surface area (Å²) in [5, 5.41) is 16.7. The van der Waals surface area contributed by atoms with Crippen LogP contribution in [0.25, 0.3) is 75.9 Å². The van der Waals surface area contributed by atoms with Gasteiger partial charge in [0.2, 0.25) is 9.92 Å². The van der Waals surface area contributed by atoms with E-state index in [9.17, 15) is 0 Å². The highest BCUT2D eigenvalue weighted by Gasteiger charge is 2.32. The van der Waals surface area contributed by atoms with Crippen LogP contribution in [0.4, 0.5) is 0 Å². The Kier molecular flexibility index (Phi) is 11.0. The van der Waals surface area contributed by atoms with Gasteiger partial charge in [0.15, 0.2) is 17.6 Å². The van der Waals surface area contributed by atoms with E-state index in [4.69, 9.17) is 61.9 Å². The monoisotopic (exact) mass is 1010 g/mol. The molecule has 3 aromatic carbocycles. The molecule has 12 rings (SSSR count). The number of nitrogens with zero attached hydrogens (tertiary/aromatic N) is 9. The van der Waals surface area contributed by atoms with Gasteiger partial charge in [-0.1, -0.05) is 0 Å². The lowest BCUT2D eigenvalue weighted by molar-refractivity contribution is 0.238. The van der Waals surface area contributed by atoms with Crippen molar-refractivity contribution in [1.29, 1.82) is 0 Å². The topological polar surface area (TPSA) is 190 Å². The van der Waals surface area contributed by atoms with Crippen LogP contribution < -0.4 is 33.2 Å². The minimum Gasteiger partial charge on any atom is -0.497 e. The number of pyridine rings is 1. The Labute approximate surface area is 411 Å². The van der Waals surface area contributed by atoms with E-state index in [0.717, 1.165) is 32.6 Å². The molecule has 0 radical (unpaired) electrons. The third kappa shape index (κ3) is 7.85. The van der Waals surface area contributed by atoms with E-state index in [1.807, 2.05) is 71.4 Å². The number of thiazole rings is 2. The quantitative estimate of drug-likeness (QED) is 0.0887. The summed E-state index contributed by atoms with van der Waals surface area (Å²) in [7, 11) is 7.96. The van der Waals surface area contributed by atoms with Crippen molar-refractivity contribution in [3.63, 3.8) is 0 Å². The molecular formula is C48H35N9O9S4. The maximum atomic E-state index is 7.27. The number of aromatic nitrogens is 9. The maximum absolute atomic E-state index is 7.27. The SMILES string of the molecule is COc1ccc(-c2nc(COc3cc(OC)c(C(Oc4cc(OC)cc5oc(-c6cn7nc(OC)sc7n6)cc45)c4csc(-c5ccncc5)n4)c4oc(-c5cn6nc(OC)sc6n5)cc34)cs2)cc1. The zero-order valence-corrected chi connectivity index (χ0v) is 40.7. The summed E-state index contributed by atoms with van der Waals surface area (Å²) in [4.78, 5) is 25.2. The Morgan fingerprint density at radius 3 is 1.93 bits per heavy atom. The lowest BCUT2D eigenvalue weighted by Crippen LogP contribution is -2.13. The smallest absolute Gasteiger partial charge is 0.294 e. The molecule has 12 aromatic rings. The molecule has 0 saturated carbocycles. The first-order valence-electron chi connectivity index (χ1n) is 21.2. The summed E-state index contributed by atoms with van der Waals surface area (Å²) in [6, 6.07) is 20.8. The van der Waals surface area contributed by atoms with E-state index in [1.54, 1.807) is 75.4 Å². The van der Waals surface area contributed by atoms with Crippen molar-refractivity contribution in [3.05, 3.63) is 119 Å². The Hall–Kier alpha value is -8.05. The van der Waals surface area contributed by atoms with Crippen LogP contribution in [0.5, 0.6) is 39.1 Å². The van der Waals surface area contributed by atoms with Gasteiger partial charge in [-0.15, -0.1) is 32.9 Å². The molecule has 70 heavy (non-hydrogen) atoms. The van der Waals surface area contributed by atoms with Crippen molar-refractivity contribution in [2.45, 2.75) is 12.7 Å². The van der Waals surface area contributed by atoms with E-state index in [2.05, 4.69) is 15.2 Å². The highest BCUT2D eigenvalue weighted by Crippen LogP contribution is 2.48. The first-order valence-corrected chi connectivity index (χ1v) is 24.6. The molecule has 0 spiro atoms. The van der Waals surface area contributed by atoms with Crippen LogP contribution >= 0.6 is 45.3 Å². The fraction of sp³-hybridized carbons (Fsp3) is 0.146. The number of hydrogen-bond acceptors (Lipinski definition) is 20. The van der Waals surface area contributed by atoms with Crippen LogP contribution in [0, 0.1) is 0 Å². The molecule has 0 amide bonds. The molecule has 0 aliphatic heterocycles. The Morgan fingerprint density at radius 1 is 0.600 bits per heavy atom. The van der Waals surface area contributed by atoms with Crippen LogP contribution in [-0.2, 0) is 6.61 Å². The van der Waals surface area contributed by atoms with Gasteiger partial charge in [-0.25, -0.2) is 29.0 Å². The number of hydrogen-bond donors (Lipinski definition) is 0. The third-order valence-electron chi connectivity index (χ3n) is 11.2. The largest absolute Gasteiger partial charge is 0.497 e. The molecule has 22 heteroatoms. The zero-order chi connectivity index (χ0) is 47.5. The van der Waals surface area contributed by atoms with Crippen molar-refractivity contribution in [2.24, 2.45) is 0 Å². The lowest BCUT2D eigenvalue weighted by Gasteiger charge is -2.22. The highest BCUT2D eigenvalue weighted by molar-refractivity contribution is 7.18. The highest BCUT2D eigenvalue weighted by atomic mass is 32.1. The first kappa shape index (κ1) is 43.2. The van der Waals surface area contributed by atoms with Crippen molar-refractivity contribution in [1.82, 2.24) is 44.1 Å². The average Bonchev–Trinajstić information content (AvgIpc) is 4.25. The van der Waals surface area contributed by atoms with Gasteiger partial charge in [0, 0.05) is 52.5 Å². The average molecular weight is 1010 g/mol. The number of furan rings is 2. The van der Waals surface area contributed by atoms with E-state index in [1.165, 1.54) is 45.3 Å². The van der Waals surface area contributed by atoms with Crippen molar-refractivity contribution < 1.29 is 42.0 Å². The van der Waals surface area contributed by atoms with Gasteiger partial charge < -0.3 is 42.0 Å². The molecule has 9 heterocycles. The van der Waals surface area contributed by atoms with Crippen LogP contribution in [0.3, 0.4) is 0 Å². The standard InChI is InChI=1S/C48H35N9O9S4/c1-58-27-8-6-24(7-9-27)43-50-26(22-67-43)21-63-34-18-39(60-3)40(41-30(34)17-38(66-41)32-20-57-46(53-32)70-48(55-57)62-5)42(33-23-68-44(51-33)25-10-12-49-13-11-25)65-36-15-28(59-2)14-35-29(36)16-37(64-35)31-19-56-45(52-31)69-47(54-56)61-4/h6-20,22-23,42H,21H2,1-5H3. The van der Waals surface area contributed by atoms with Crippen LogP contribution in [0.2, 0.25) is 0 Å². The van der Waals surface area contributed by atoms with Gasteiger partial charge >= 0.3 is 0 Å². The van der Waals surface area contributed by atoms with Crippen LogP contribution in [-0.4, -0.2) is 79.7 Å². The van der Waals surface area contributed by atoms with Crippen LogP contribution in [0.1, 0.15) is 23.1 Å². The molecule has 0 fully saturated rings. The second kappa shape index (κ2) is 17.8. The van der Waals surface area contributed by atoms with Crippen molar-refractivity contribution in [2.75, 3.05) is 35.5 Å². The predicted octanol–water partition coefficient (Wildman–Crippen LogP) is 11.2. The second-order valence-corrected chi connectivity index (χ2v) is 18.9. The Morgan fingerprint density at radius 2 is 1.26 bits per heavy atom. The predicted molar refractivity (Wildman–Crippen MR) is 265 cm³/mol. The summed E-state index contributed by atoms with van der Waals surface area (Å²) >= 11 is 5.62. The van der Waals surface area contributed by atoms with E-state index < -0.39 is 6.10 Å². The summed E-state index contributed by atoms with van der Waals surface area (Å²) in [6.45, 7) is 0.152. The third-order valence-corrected chi connectivity index (χ3v) is 14.8. The summed E-state index contributed by atoms with van der Waals surface area (Å²) < 4.78 is 58.8. The normalized spacial score (nSPS) is 12.1. The lowest BCUT2D eigenvalue weighted by atomic mass is 10.0. The van der Waals surface area contributed by atoms with Crippen molar-refractivity contribution in [3.8, 4) is 83.2 Å². The fourth-order valence-corrected chi connectivity index (χ4v) is 10.9. The Bertz CT molecular complexity index is 3790. The molecule has 18 nitrogen and oxygen atoms in total. The summed E-state index contributed by atoms with van der Waals surface area (Å²) in [6.07, 6.45) is 6.08. The van der Waals surface area contributed by atoms with E-state index in [-0.39, 0.29) is 6.61 Å². The van der Waals surface area contributed by atoms with Gasteiger partial charge in [0.05, 0.1) is 75.7 Å². The van der Waals surface area contributed by atoms with Crippen LogP contribution in [0.15, 0.2) is 111 Å². The van der Waals surface area contributed by atoms with Gasteiger partial charge in [-0.3, -0.25) is 4.98 Å². The van der Waals surface area contributed by atoms with Gasteiger partial charge in [-0.05, 0) is 71.2 Å². The fourth-order valence-electron chi connectivity index (χ4n) is 7.83. The zero-order valence-electron chi connectivity index (χ0n) is 37.4. The molecule has 9 aromatic heterocycles. The molecule has 350 valence electrons. The number of benzene rings is 3. The summed E-state index contributed by atoms with van der Waals surface area (Å²) in [5.41, 5.74) is 5.74. The number of rotatable bonds is 16. The number of methoxy groups -OCH3 is 5. The molecule has 0 N–H and O–H groups in total. The number of imidazole rings is 2. The molecule has 1 atom stereocenters. The van der Waals surface area contributed by atoms with Gasteiger partial charge in [-0.2, -0.15) is 0 Å². The first-order chi connectivity index (χ1) is 34.3. The van der Waals surface area contributed by atoms with Gasteiger partial charge in [0.25, 0.3) is 10.4 Å². The maximum Gasteiger partial charge on any atom is 0.294 e. The Balaban J connectivity index is 1.00. The summed E-state index contributed by atoms with van der Waals surface area (Å²) in [5.74, 6) is 3.54. The molecule has 0 bridgehead atoms. The molecule has 0 aliphatic rings. The molecule has 0 saturated heterocycles. The minimum atomic E-state index is -0.956. The number of fused-ring (bicyclic) bond motifs is 4. The second-order valence-electron chi connectivity index (χ2n) is 15.3. The number of ether oxygens (including phenoxy) is 7.